The van der Waals surface area contributed by atoms with Crippen LogP contribution in [0.4, 0.5) is 11.4 Å². The lowest BCUT2D eigenvalue weighted by Gasteiger charge is -2.39. The highest BCUT2D eigenvalue weighted by Gasteiger charge is 2.32. The number of benzene rings is 1. The molecule has 0 unspecified atom stereocenters. The average Bonchev–Trinajstić information content (AvgIpc) is 2.54. The van der Waals surface area contributed by atoms with Gasteiger partial charge in [0.15, 0.2) is 0 Å². The number of hydrogen-bond acceptors (Lipinski definition) is 5. The summed E-state index contributed by atoms with van der Waals surface area (Å²) in [7, 11) is -3.72. The van der Waals surface area contributed by atoms with Crippen molar-refractivity contribution in [3.05, 3.63) is 28.3 Å². The standard InChI is InChI=1S/C17H27N3O4S/c1-5-19(6-2)25(23,24)14-8-9-15(16(12-14)20(21)22)18-11-7-10-17(3,4)13-18/h8-9,12H,5-7,10-11,13H2,1-4H3. The molecule has 1 aliphatic rings. The molecule has 1 saturated heterocycles. The Kier molecular flexibility index (Phi) is 5.73. The molecule has 0 atom stereocenters. The summed E-state index contributed by atoms with van der Waals surface area (Å²) in [5.41, 5.74) is 0.431. The number of anilines is 1. The topological polar surface area (TPSA) is 83.8 Å². The zero-order valence-electron chi connectivity index (χ0n) is 15.4. The lowest BCUT2D eigenvalue weighted by molar-refractivity contribution is -0.384. The zero-order valence-corrected chi connectivity index (χ0v) is 16.2. The van der Waals surface area contributed by atoms with Gasteiger partial charge in [-0.05, 0) is 30.4 Å². The van der Waals surface area contributed by atoms with E-state index in [0.717, 1.165) is 25.9 Å². The normalized spacial score (nSPS) is 17.7. The largest absolute Gasteiger partial charge is 0.365 e. The molecule has 25 heavy (non-hydrogen) atoms. The first kappa shape index (κ1) is 19.7. The van der Waals surface area contributed by atoms with Gasteiger partial charge < -0.3 is 4.90 Å². The quantitative estimate of drug-likeness (QED) is 0.568. The SMILES string of the molecule is CCN(CC)S(=O)(=O)c1ccc(N2CCCC(C)(C)C2)c([N+](=O)[O-])c1. The molecule has 8 heteroatoms. The van der Waals surface area contributed by atoms with Gasteiger partial charge in [0.05, 0.1) is 9.82 Å². The van der Waals surface area contributed by atoms with Crippen molar-refractivity contribution in [2.75, 3.05) is 31.1 Å². The van der Waals surface area contributed by atoms with Crippen molar-refractivity contribution in [1.82, 2.24) is 4.31 Å². The third-order valence-corrected chi connectivity index (χ3v) is 6.77. The van der Waals surface area contributed by atoms with Crippen LogP contribution in [0.1, 0.15) is 40.5 Å². The molecule has 1 aliphatic heterocycles. The number of rotatable bonds is 6. The van der Waals surface area contributed by atoms with Crippen molar-refractivity contribution in [3.8, 4) is 0 Å². The molecule has 0 spiro atoms. The number of nitro groups is 1. The minimum Gasteiger partial charge on any atom is -0.365 e. The fraction of sp³-hybridized carbons (Fsp3) is 0.647. The molecule has 1 aromatic carbocycles. The van der Waals surface area contributed by atoms with Gasteiger partial charge in [0.25, 0.3) is 5.69 Å². The lowest BCUT2D eigenvalue weighted by atomic mass is 9.84. The van der Waals surface area contributed by atoms with E-state index >= 15 is 0 Å². The highest BCUT2D eigenvalue weighted by Crippen LogP contribution is 2.37. The Morgan fingerprint density at radius 3 is 2.44 bits per heavy atom. The first-order chi connectivity index (χ1) is 11.6. The van der Waals surface area contributed by atoms with Crippen LogP contribution >= 0.6 is 0 Å². The first-order valence-electron chi connectivity index (χ1n) is 8.66. The van der Waals surface area contributed by atoms with E-state index < -0.39 is 14.9 Å². The van der Waals surface area contributed by atoms with Crippen LogP contribution < -0.4 is 4.90 Å². The highest BCUT2D eigenvalue weighted by atomic mass is 32.2. The summed E-state index contributed by atoms with van der Waals surface area (Å²) in [5.74, 6) is 0. The van der Waals surface area contributed by atoms with Gasteiger partial charge in [-0.15, -0.1) is 0 Å². The molecular weight excluding hydrogens is 342 g/mol. The molecule has 1 fully saturated rings. The number of nitrogens with zero attached hydrogens (tertiary/aromatic N) is 3. The van der Waals surface area contributed by atoms with Gasteiger partial charge in [-0.25, -0.2) is 8.42 Å². The van der Waals surface area contributed by atoms with Crippen molar-refractivity contribution in [2.45, 2.75) is 45.4 Å². The fourth-order valence-corrected chi connectivity index (χ4v) is 4.90. The lowest BCUT2D eigenvalue weighted by Crippen LogP contribution is -2.40. The third kappa shape index (κ3) is 4.12. The average molecular weight is 369 g/mol. The summed E-state index contributed by atoms with van der Waals surface area (Å²) < 4.78 is 26.6. The van der Waals surface area contributed by atoms with Crippen LogP contribution in [0.3, 0.4) is 0 Å². The number of sulfonamides is 1. The van der Waals surface area contributed by atoms with Crippen molar-refractivity contribution >= 4 is 21.4 Å². The van der Waals surface area contributed by atoms with Gasteiger partial charge in [-0.3, -0.25) is 10.1 Å². The minimum absolute atomic E-state index is 0.0251. The Morgan fingerprint density at radius 2 is 1.92 bits per heavy atom. The van der Waals surface area contributed by atoms with Gasteiger partial charge in [0.2, 0.25) is 10.0 Å². The van der Waals surface area contributed by atoms with Crippen molar-refractivity contribution in [3.63, 3.8) is 0 Å². The molecule has 0 N–H and O–H groups in total. The smallest absolute Gasteiger partial charge is 0.293 e. The van der Waals surface area contributed by atoms with Crippen LogP contribution in [0, 0.1) is 15.5 Å². The summed E-state index contributed by atoms with van der Waals surface area (Å²) >= 11 is 0. The molecule has 7 nitrogen and oxygen atoms in total. The minimum atomic E-state index is -3.72. The molecule has 1 aromatic rings. The number of hydrogen-bond donors (Lipinski definition) is 0. The van der Waals surface area contributed by atoms with E-state index in [4.69, 9.17) is 0 Å². The van der Waals surface area contributed by atoms with Gasteiger partial charge in [0.1, 0.15) is 5.69 Å². The molecule has 0 saturated carbocycles. The van der Waals surface area contributed by atoms with Crippen LogP contribution in [-0.2, 0) is 10.0 Å². The molecule has 140 valence electrons. The van der Waals surface area contributed by atoms with Gasteiger partial charge in [-0.2, -0.15) is 4.31 Å². The molecule has 0 radical (unpaired) electrons. The highest BCUT2D eigenvalue weighted by molar-refractivity contribution is 7.89. The maximum absolute atomic E-state index is 12.6. The van der Waals surface area contributed by atoms with Crippen molar-refractivity contribution in [2.24, 2.45) is 5.41 Å². The van der Waals surface area contributed by atoms with Crippen LogP contribution in [0.15, 0.2) is 23.1 Å². The van der Waals surface area contributed by atoms with E-state index in [-0.39, 0.29) is 16.0 Å². The van der Waals surface area contributed by atoms with E-state index in [2.05, 4.69) is 13.8 Å². The Bertz CT molecular complexity index is 742. The Labute approximate surface area is 149 Å². The van der Waals surface area contributed by atoms with E-state index in [1.54, 1.807) is 19.9 Å². The van der Waals surface area contributed by atoms with Crippen LogP contribution in [0.2, 0.25) is 0 Å². The summed E-state index contributed by atoms with van der Waals surface area (Å²) in [6.07, 6.45) is 2.04. The molecule has 1 heterocycles. The van der Waals surface area contributed by atoms with E-state index in [1.807, 2.05) is 4.90 Å². The van der Waals surface area contributed by atoms with Crippen molar-refractivity contribution in [1.29, 1.82) is 0 Å². The third-order valence-electron chi connectivity index (χ3n) is 4.73. The predicted octanol–water partition coefficient (Wildman–Crippen LogP) is 3.25. The van der Waals surface area contributed by atoms with E-state index in [9.17, 15) is 18.5 Å². The second kappa shape index (κ2) is 7.29. The Morgan fingerprint density at radius 1 is 1.28 bits per heavy atom. The second-order valence-corrected chi connectivity index (χ2v) is 9.12. The van der Waals surface area contributed by atoms with E-state index in [0.29, 0.717) is 18.8 Å². The van der Waals surface area contributed by atoms with Gasteiger partial charge in [0, 0.05) is 32.2 Å². The summed E-state index contributed by atoms with van der Waals surface area (Å²) in [4.78, 5) is 13.1. The van der Waals surface area contributed by atoms with Gasteiger partial charge >= 0.3 is 0 Å². The molecular formula is C17H27N3O4S. The fourth-order valence-electron chi connectivity index (χ4n) is 3.42. The summed E-state index contributed by atoms with van der Waals surface area (Å²) in [6.45, 7) is 9.90. The Balaban J connectivity index is 2.47. The summed E-state index contributed by atoms with van der Waals surface area (Å²) in [5, 5.41) is 11.6. The first-order valence-corrected chi connectivity index (χ1v) is 10.1. The van der Waals surface area contributed by atoms with Crippen LogP contribution in [-0.4, -0.2) is 43.8 Å². The zero-order chi connectivity index (χ0) is 18.8. The number of nitro benzene ring substituents is 1. The Hall–Kier alpha value is -1.67. The van der Waals surface area contributed by atoms with Crippen LogP contribution in [0.5, 0.6) is 0 Å². The maximum Gasteiger partial charge on any atom is 0.293 e. The molecule has 0 aliphatic carbocycles. The molecule has 0 amide bonds. The summed E-state index contributed by atoms with van der Waals surface area (Å²) in [6, 6.07) is 4.26. The van der Waals surface area contributed by atoms with Crippen LogP contribution in [0.25, 0.3) is 0 Å². The van der Waals surface area contributed by atoms with Crippen molar-refractivity contribution < 1.29 is 13.3 Å². The van der Waals surface area contributed by atoms with E-state index in [1.165, 1.54) is 16.4 Å². The molecule has 2 rings (SSSR count). The monoisotopic (exact) mass is 369 g/mol. The number of piperidine rings is 1. The predicted molar refractivity (Wildman–Crippen MR) is 98.4 cm³/mol. The molecule has 0 bridgehead atoms. The maximum atomic E-state index is 12.6. The second-order valence-electron chi connectivity index (χ2n) is 7.19. The molecule has 0 aromatic heterocycles. The van der Waals surface area contributed by atoms with Gasteiger partial charge in [-0.1, -0.05) is 27.7 Å².